The molecule has 0 aliphatic carbocycles. The molecule has 1 aliphatic heterocycles. The van der Waals surface area contributed by atoms with Crippen molar-refractivity contribution in [1.82, 2.24) is 5.32 Å². The molecule has 2 amide bonds. The summed E-state index contributed by atoms with van der Waals surface area (Å²) in [5, 5.41) is 11.2. The Labute approximate surface area is 92.6 Å². The number of piperidine rings is 1. The molecule has 0 bridgehead atoms. The Morgan fingerprint density at radius 2 is 2.20 bits per heavy atom. The van der Waals surface area contributed by atoms with Gasteiger partial charge in [-0.1, -0.05) is 26.1 Å². The van der Waals surface area contributed by atoms with Crippen LogP contribution in [-0.4, -0.2) is 16.8 Å². The molecule has 0 aromatic carbocycles. The first-order valence-electron chi connectivity index (χ1n) is 4.36. The largest absolute Gasteiger partial charge is 0.369 e. The summed E-state index contributed by atoms with van der Waals surface area (Å²) in [6, 6.07) is 1.87. The summed E-state index contributed by atoms with van der Waals surface area (Å²) in [5.74, 6) is -2.79. The zero-order valence-corrected chi connectivity index (χ0v) is 9.22. The van der Waals surface area contributed by atoms with Crippen molar-refractivity contribution in [3.8, 4) is 6.07 Å². The minimum atomic E-state index is -0.915. The predicted molar refractivity (Wildman–Crippen MR) is 56.3 cm³/mol. The first-order chi connectivity index (χ1) is 6.82. The Hall–Kier alpha value is -1.48. The molecular weight excluding hydrogens is 214 g/mol. The van der Waals surface area contributed by atoms with Crippen molar-refractivity contribution in [2.45, 2.75) is 13.8 Å². The molecule has 1 aliphatic rings. The Morgan fingerprint density at radius 3 is 2.60 bits per heavy atom. The van der Waals surface area contributed by atoms with Gasteiger partial charge in [-0.05, 0) is 0 Å². The SMILES string of the molecule is CC1(C)[C@@H](C(N)=O)C(=S)NC(=O)[C@H]1C#N. The molecule has 1 fully saturated rings. The first kappa shape index (κ1) is 11.6. The van der Waals surface area contributed by atoms with E-state index < -0.39 is 29.1 Å². The molecule has 15 heavy (non-hydrogen) atoms. The molecule has 1 heterocycles. The van der Waals surface area contributed by atoms with Gasteiger partial charge in [-0.2, -0.15) is 5.26 Å². The fourth-order valence-electron chi connectivity index (χ4n) is 1.83. The van der Waals surface area contributed by atoms with Crippen LogP contribution in [0.4, 0.5) is 0 Å². The van der Waals surface area contributed by atoms with Gasteiger partial charge in [0.15, 0.2) is 0 Å². The highest BCUT2D eigenvalue weighted by molar-refractivity contribution is 7.80. The lowest BCUT2D eigenvalue weighted by Gasteiger charge is -2.39. The van der Waals surface area contributed by atoms with E-state index in [-0.39, 0.29) is 4.99 Å². The molecule has 0 spiro atoms. The Bertz CT molecular complexity index is 383. The number of nitriles is 1. The fraction of sp³-hybridized carbons (Fsp3) is 0.556. The third-order valence-corrected chi connectivity index (χ3v) is 3.01. The van der Waals surface area contributed by atoms with Crippen LogP contribution >= 0.6 is 12.2 Å². The van der Waals surface area contributed by atoms with Gasteiger partial charge in [0.25, 0.3) is 0 Å². The number of nitrogens with zero attached hydrogens (tertiary/aromatic N) is 1. The van der Waals surface area contributed by atoms with Crippen LogP contribution in [-0.2, 0) is 9.59 Å². The van der Waals surface area contributed by atoms with E-state index in [1.807, 2.05) is 6.07 Å². The molecule has 3 N–H and O–H groups in total. The second-order valence-electron chi connectivity index (χ2n) is 4.07. The molecule has 6 heteroatoms. The van der Waals surface area contributed by atoms with E-state index in [0.717, 1.165) is 0 Å². The number of primary amides is 1. The topological polar surface area (TPSA) is 96.0 Å². The van der Waals surface area contributed by atoms with Crippen LogP contribution in [0.1, 0.15) is 13.8 Å². The van der Waals surface area contributed by atoms with Crippen molar-refractivity contribution in [2.75, 3.05) is 0 Å². The minimum absolute atomic E-state index is 0.101. The molecule has 0 unspecified atom stereocenters. The van der Waals surface area contributed by atoms with Gasteiger partial charge in [-0.25, -0.2) is 0 Å². The van der Waals surface area contributed by atoms with Crippen molar-refractivity contribution in [1.29, 1.82) is 5.26 Å². The van der Waals surface area contributed by atoms with Crippen LogP contribution in [0.5, 0.6) is 0 Å². The molecule has 0 aromatic heterocycles. The van der Waals surface area contributed by atoms with Crippen LogP contribution in [0.3, 0.4) is 0 Å². The van der Waals surface area contributed by atoms with Gasteiger partial charge in [0.2, 0.25) is 11.8 Å². The molecular formula is C9H11N3O2S. The summed E-state index contributed by atoms with van der Waals surface area (Å²) in [4.78, 5) is 22.8. The highest BCUT2D eigenvalue weighted by Gasteiger charge is 2.50. The van der Waals surface area contributed by atoms with Crippen LogP contribution in [0.2, 0.25) is 0 Å². The van der Waals surface area contributed by atoms with Crippen molar-refractivity contribution in [2.24, 2.45) is 23.0 Å². The molecule has 5 nitrogen and oxygen atoms in total. The van der Waals surface area contributed by atoms with Crippen LogP contribution < -0.4 is 11.1 Å². The van der Waals surface area contributed by atoms with Crippen molar-refractivity contribution in [3.63, 3.8) is 0 Å². The second-order valence-corrected chi connectivity index (χ2v) is 4.51. The van der Waals surface area contributed by atoms with E-state index in [1.165, 1.54) is 0 Å². The van der Waals surface area contributed by atoms with Crippen LogP contribution in [0.25, 0.3) is 0 Å². The highest BCUT2D eigenvalue weighted by atomic mass is 32.1. The normalized spacial score (nSPS) is 29.1. The van der Waals surface area contributed by atoms with Gasteiger partial charge in [0.1, 0.15) is 5.92 Å². The van der Waals surface area contributed by atoms with E-state index in [9.17, 15) is 9.59 Å². The molecule has 0 aromatic rings. The van der Waals surface area contributed by atoms with Gasteiger partial charge in [0, 0.05) is 5.41 Å². The fourth-order valence-corrected chi connectivity index (χ4v) is 2.35. The number of carbonyl (C=O) groups excluding carboxylic acids is 2. The Morgan fingerprint density at radius 1 is 1.67 bits per heavy atom. The summed E-state index contributed by atoms with van der Waals surface area (Å²) in [6.07, 6.45) is 0. The molecule has 2 atom stereocenters. The maximum absolute atomic E-state index is 11.4. The summed E-state index contributed by atoms with van der Waals surface area (Å²) in [7, 11) is 0. The summed E-state index contributed by atoms with van der Waals surface area (Å²) >= 11 is 4.89. The molecule has 0 radical (unpaired) electrons. The summed E-state index contributed by atoms with van der Waals surface area (Å²) in [6.45, 7) is 3.28. The monoisotopic (exact) mass is 225 g/mol. The van der Waals surface area contributed by atoms with E-state index in [0.29, 0.717) is 0 Å². The van der Waals surface area contributed by atoms with E-state index >= 15 is 0 Å². The summed E-state index contributed by atoms with van der Waals surface area (Å²) in [5.41, 5.74) is 4.35. The van der Waals surface area contributed by atoms with E-state index in [1.54, 1.807) is 13.8 Å². The lowest BCUT2D eigenvalue weighted by molar-refractivity contribution is -0.131. The molecule has 1 rings (SSSR count). The van der Waals surface area contributed by atoms with Gasteiger partial charge in [0.05, 0.1) is 17.0 Å². The third kappa shape index (κ3) is 1.70. The number of nitrogens with two attached hydrogens (primary N) is 1. The van der Waals surface area contributed by atoms with Crippen molar-refractivity contribution in [3.05, 3.63) is 0 Å². The van der Waals surface area contributed by atoms with E-state index in [2.05, 4.69) is 5.32 Å². The Balaban J connectivity index is 3.21. The quantitative estimate of drug-likeness (QED) is 0.599. The van der Waals surface area contributed by atoms with Gasteiger partial charge < -0.3 is 11.1 Å². The zero-order valence-electron chi connectivity index (χ0n) is 8.40. The Kier molecular flexibility index (Phi) is 2.77. The molecule has 1 saturated heterocycles. The maximum atomic E-state index is 11.4. The number of thiocarbonyl (C=S) groups is 1. The zero-order chi connectivity index (χ0) is 11.8. The number of nitrogens with one attached hydrogen (secondary N) is 1. The molecule has 80 valence electrons. The van der Waals surface area contributed by atoms with Crippen molar-refractivity contribution >= 4 is 29.0 Å². The standard InChI is InChI=1S/C9H11N3O2S/c1-9(2)4(3-10)7(14)12-8(15)5(9)6(11)13/h4-5H,1-2H3,(H2,11,13)(H,12,14,15)/t4-,5+/m1/s1. The minimum Gasteiger partial charge on any atom is -0.369 e. The van der Waals surface area contributed by atoms with Gasteiger partial charge >= 0.3 is 0 Å². The van der Waals surface area contributed by atoms with Crippen LogP contribution in [0, 0.1) is 28.6 Å². The second kappa shape index (κ2) is 3.59. The lowest BCUT2D eigenvalue weighted by atomic mass is 9.66. The van der Waals surface area contributed by atoms with E-state index in [4.69, 9.17) is 23.2 Å². The molecule has 0 saturated carbocycles. The maximum Gasteiger partial charge on any atom is 0.242 e. The highest BCUT2D eigenvalue weighted by Crippen LogP contribution is 2.38. The number of hydrogen-bond donors (Lipinski definition) is 2. The lowest BCUT2D eigenvalue weighted by Crippen LogP contribution is -2.58. The number of carbonyl (C=O) groups is 2. The van der Waals surface area contributed by atoms with Crippen molar-refractivity contribution < 1.29 is 9.59 Å². The number of amides is 2. The van der Waals surface area contributed by atoms with Gasteiger partial charge in [-0.3, -0.25) is 9.59 Å². The average Bonchev–Trinajstić information content (AvgIpc) is 2.00. The summed E-state index contributed by atoms with van der Waals surface area (Å²) < 4.78 is 0. The number of hydrogen-bond acceptors (Lipinski definition) is 4. The average molecular weight is 225 g/mol. The number of rotatable bonds is 1. The first-order valence-corrected chi connectivity index (χ1v) is 4.76. The predicted octanol–water partition coefficient (Wildman–Crippen LogP) is -0.289. The van der Waals surface area contributed by atoms with Gasteiger partial charge in [-0.15, -0.1) is 0 Å². The smallest absolute Gasteiger partial charge is 0.242 e. The third-order valence-electron chi connectivity index (χ3n) is 2.67. The van der Waals surface area contributed by atoms with Crippen LogP contribution in [0.15, 0.2) is 0 Å².